The van der Waals surface area contributed by atoms with Crippen molar-refractivity contribution in [3.8, 4) is 0 Å². The lowest BCUT2D eigenvalue weighted by atomic mass is 10.1. The van der Waals surface area contributed by atoms with Crippen molar-refractivity contribution in [3.63, 3.8) is 0 Å². The fourth-order valence-corrected chi connectivity index (χ4v) is 4.22. The standard InChI is InChI=1S/C18H18Cl2F3N3O2S2/c1-17(2,3)26(25-30(27,28)13-7-5-12(19)6-8-13)16(29)24-15-10-11(18(21,22)23)4-9-14(15)20/h4-10,25H,1-3H3,(H,24,29). The van der Waals surface area contributed by atoms with Gasteiger partial charge < -0.3 is 5.32 Å². The van der Waals surface area contributed by atoms with Crippen LogP contribution < -0.4 is 10.1 Å². The van der Waals surface area contributed by atoms with E-state index in [9.17, 15) is 21.6 Å². The van der Waals surface area contributed by atoms with Gasteiger partial charge in [-0.05, 0) is 75.5 Å². The Bertz CT molecular complexity index is 1040. The van der Waals surface area contributed by atoms with Gasteiger partial charge in [0.05, 0.1) is 26.7 Å². The molecule has 0 fully saturated rings. The van der Waals surface area contributed by atoms with E-state index in [0.29, 0.717) is 5.02 Å². The van der Waals surface area contributed by atoms with Crippen molar-refractivity contribution in [1.29, 1.82) is 0 Å². The van der Waals surface area contributed by atoms with Crippen LogP contribution in [0.25, 0.3) is 0 Å². The summed E-state index contributed by atoms with van der Waals surface area (Å²) in [5.41, 5.74) is -1.92. The van der Waals surface area contributed by atoms with E-state index in [1.165, 1.54) is 24.3 Å². The smallest absolute Gasteiger partial charge is 0.330 e. The SMILES string of the molecule is CC(C)(C)N(NS(=O)(=O)c1ccc(Cl)cc1)C(=S)Nc1cc(C(F)(F)F)ccc1Cl. The summed E-state index contributed by atoms with van der Waals surface area (Å²) in [6.07, 6.45) is -4.58. The lowest BCUT2D eigenvalue weighted by Crippen LogP contribution is -2.57. The molecule has 0 spiro atoms. The molecule has 30 heavy (non-hydrogen) atoms. The zero-order valence-corrected chi connectivity index (χ0v) is 19.2. The van der Waals surface area contributed by atoms with Crippen molar-refractivity contribution in [3.05, 3.63) is 58.1 Å². The van der Waals surface area contributed by atoms with Gasteiger partial charge in [-0.15, -0.1) is 4.83 Å². The minimum Gasteiger partial charge on any atom is -0.330 e. The van der Waals surface area contributed by atoms with Gasteiger partial charge in [0.1, 0.15) is 0 Å². The molecule has 12 heteroatoms. The number of nitrogens with zero attached hydrogens (tertiary/aromatic N) is 1. The van der Waals surface area contributed by atoms with Gasteiger partial charge in [-0.1, -0.05) is 23.2 Å². The molecule has 0 aliphatic heterocycles. The molecule has 2 aromatic rings. The van der Waals surface area contributed by atoms with Crippen LogP contribution in [0.5, 0.6) is 0 Å². The number of hydrogen-bond acceptors (Lipinski definition) is 3. The number of alkyl halides is 3. The van der Waals surface area contributed by atoms with E-state index in [1.807, 2.05) is 0 Å². The zero-order valence-electron chi connectivity index (χ0n) is 16.0. The van der Waals surface area contributed by atoms with Crippen LogP contribution in [0.2, 0.25) is 10.0 Å². The van der Waals surface area contributed by atoms with Crippen LogP contribution >= 0.6 is 35.4 Å². The first-order chi connectivity index (χ1) is 13.6. The van der Waals surface area contributed by atoms with E-state index >= 15 is 0 Å². The highest BCUT2D eigenvalue weighted by atomic mass is 35.5. The molecule has 0 aliphatic carbocycles. The number of halogens is 5. The molecule has 2 aromatic carbocycles. The molecule has 0 amide bonds. The van der Waals surface area contributed by atoms with E-state index in [2.05, 4.69) is 10.1 Å². The van der Waals surface area contributed by atoms with Gasteiger partial charge in [-0.2, -0.15) is 13.2 Å². The molecular weight excluding hydrogens is 482 g/mol. The average molecular weight is 500 g/mol. The second kappa shape index (κ2) is 8.88. The molecule has 2 rings (SSSR count). The lowest BCUT2D eigenvalue weighted by molar-refractivity contribution is -0.137. The minimum atomic E-state index is -4.58. The van der Waals surface area contributed by atoms with Gasteiger partial charge in [-0.3, -0.25) is 5.01 Å². The quantitative estimate of drug-likeness (QED) is 0.417. The summed E-state index contributed by atoms with van der Waals surface area (Å²) in [6, 6.07) is 8.16. The van der Waals surface area contributed by atoms with Gasteiger partial charge in [0.25, 0.3) is 10.0 Å². The number of hydrogen-bond donors (Lipinski definition) is 2. The monoisotopic (exact) mass is 499 g/mol. The van der Waals surface area contributed by atoms with E-state index < -0.39 is 27.3 Å². The molecule has 164 valence electrons. The summed E-state index contributed by atoms with van der Waals surface area (Å²) in [4.78, 5) is 2.28. The Hall–Kier alpha value is -1.59. The molecule has 0 unspecified atom stereocenters. The minimum absolute atomic E-state index is 0.0141. The summed E-state index contributed by atoms with van der Waals surface area (Å²) >= 11 is 17.1. The number of benzene rings is 2. The topological polar surface area (TPSA) is 61.4 Å². The van der Waals surface area contributed by atoms with Gasteiger partial charge >= 0.3 is 6.18 Å². The van der Waals surface area contributed by atoms with Crippen LogP contribution in [0.3, 0.4) is 0 Å². The molecule has 5 nitrogen and oxygen atoms in total. The molecule has 0 radical (unpaired) electrons. The van der Waals surface area contributed by atoms with Crippen molar-refractivity contribution in [2.24, 2.45) is 0 Å². The third-order valence-corrected chi connectivity index (χ3v) is 5.93. The van der Waals surface area contributed by atoms with E-state index in [0.717, 1.165) is 23.2 Å². The number of rotatable bonds is 4. The van der Waals surface area contributed by atoms with Crippen molar-refractivity contribution < 1.29 is 21.6 Å². The van der Waals surface area contributed by atoms with Gasteiger partial charge in [0.2, 0.25) is 0 Å². The molecule has 2 N–H and O–H groups in total. The summed E-state index contributed by atoms with van der Waals surface area (Å²) in [6.45, 7) is 5.00. The second-order valence-electron chi connectivity index (χ2n) is 7.18. The van der Waals surface area contributed by atoms with Gasteiger partial charge in [0, 0.05) is 5.02 Å². The molecule has 0 saturated carbocycles. The van der Waals surface area contributed by atoms with Crippen molar-refractivity contribution in [2.45, 2.75) is 37.4 Å². The molecule has 0 aromatic heterocycles. The summed E-state index contributed by atoms with van der Waals surface area (Å²) in [7, 11) is -4.06. The first kappa shape index (κ1) is 24.7. The number of sulfonamides is 1. The van der Waals surface area contributed by atoms with Gasteiger partial charge in [-0.25, -0.2) is 8.42 Å². The predicted molar refractivity (Wildman–Crippen MR) is 116 cm³/mol. The Labute approximate surface area is 188 Å². The lowest BCUT2D eigenvalue weighted by Gasteiger charge is -2.37. The maximum absolute atomic E-state index is 13.0. The Morgan fingerprint density at radius 1 is 1.03 bits per heavy atom. The van der Waals surface area contributed by atoms with Crippen LogP contribution in [-0.4, -0.2) is 24.1 Å². The average Bonchev–Trinajstić information content (AvgIpc) is 2.60. The largest absolute Gasteiger partial charge is 0.416 e. The fourth-order valence-electron chi connectivity index (χ4n) is 2.24. The predicted octanol–water partition coefficient (Wildman–Crippen LogP) is 5.70. The molecule has 0 saturated heterocycles. The number of anilines is 1. The Kier molecular flexibility index (Phi) is 7.30. The Morgan fingerprint density at radius 3 is 2.10 bits per heavy atom. The fraction of sp³-hybridized carbons (Fsp3) is 0.278. The third kappa shape index (κ3) is 6.21. The summed E-state index contributed by atoms with van der Waals surface area (Å²) in [5, 5.41) is 3.86. The molecule has 0 atom stereocenters. The maximum atomic E-state index is 13.0. The number of thiocarbonyl (C=S) groups is 1. The van der Waals surface area contributed by atoms with E-state index in [4.69, 9.17) is 35.4 Å². The maximum Gasteiger partial charge on any atom is 0.416 e. The highest BCUT2D eigenvalue weighted by Gasteiger charge is 2.32. The third-order valence-electron chi connectivity index (χ3n) is 3.74. The van der Waals surface area contributed by atoms with Crippen LogP contribution in [0.4, 0.5) is 18.9 Å². The van der Waals surface area contributed by atoms with Crippen molar-refractivity contribution in [2.75, 3.05) is 5.32 Å². The second-order valence-corrected chi connectivity index (χ2v) is 10.1. The molecule has 0 bridgehead atoms. The number of nitrogens with one attached hydrogen (secondary N) is 2. The summed E-state index contributed by atoms with van der Waals surface area (Å²) < 4.78 is 64.5. The van der Waals surface area contributed by atoms with E-state index in [1.54, 1.807) is 20.8 Å². The van der Waals surface area contributed by atoms with E-state index in [-0.39, 0.29) is 20.7 Å². The van der Waals surface area contributed by atoms with Crippen molar-refractivity contribution in [1.82, 2.24) is 9.84 Å². The van der Waals surface area contributed by atoms with Crippen LogP contribution in [0.1, 0.15) is 26.3 Å². The number of hydrazine groups is 1. The van der Waals surface area contributed by atoms with Gasteiger partial charge in [0.15, 0.2) is 5.11 Å². The molecule has 0 aliphatic rings. The molecular formula is C18H18Cl2F3N3O2S2. The first-order valence-corrected chi connectivity index (χ1v) is 11.0. The highest BCUT2D eigenvalue weighted by Crippen LogP contribution is 2.34. The molecule has 0 heterocycles. The van der Waals surface area contributed by atoms with Crippen LogP contribution in [0, 0.1) is 0 Å². The zero-order chi connectivity index (χ0) is 22.9. The first-order valence-electron chi connectivity index (χ1n) is 8.37. The normalized spacial score (nSPS) is 12.5. The van der Waals surface area contributed by atoms with Crippen LogP contribution in [-0.2, 0) is 16.2 Å². The van der Waals surface area contributed by atoms with Crippen molar-refractivity contribution >= 4 is 56.2 Å². The van der Waals surface area contributed by atoms with Crippen LogP contribution in [0.15, 0.2) is 47.4 Å². The Morgan fingerprint density at radius 2 is 1.60 bits per heavy atom. The summed E-state index contributed by atoms with van der Waals surface area (Å²) in [5.74, 6) is 0. The highest BCUT2D eigenvalue weighted by molar-refractivity contribution is 7.89. The Balaban J connectivity index is 2.35.